The van der Waals surface area contributed by atoms with E-state index in [4.69, 9.17) is 0 Å². The smallest absolute Gasteiger partial charge is 0.265 e. The van der Waals surface area contributed by atoms with Crippen molar-refractivity contribution in [3.8, 4) is 17.6 Å². The molecule has 1 aliphatic carbocycles. The molecule has 1 saturated carbocycles. The SMILES string of the molecule is N#CC1(c2ccc(O)c(NS(=O)(=O)c3cc(Br)ccc3O)c2)CC1. The summed E-state index contributed by atoms with van der Waals surface area (Å²) in [5.41, 5.74) is 0.0126. The molecule has 124 valence electrons. The molecule has 0 aliphatic heterocycles. The molecule has 0 aromatic heterocycles. The molecule has 0 spiro atoms. The molecule has 8 heteroatoms. The Morgan fingerprint density at radius 1 is 1.12 bits per heavy atom. The first kappa shape index (κ1) is 16.6. The number of aromatic hydroxyl groups is 2. The maximum absolute atomic E-state index is 12.5. The largest absolute Gasteiger partial charge is 0.507 e. The molecule has 0 amide bonds. The molecule has 24 heavy (non-hydrogen) atoms. The standard InChI is InChI=1S/C16H13BrN2O4S/c17-11-2-4-14(21)15(8-11)24(22,23)19-12-7-10(1-3-13(12)20)16(9-18)5-6-16/h1-4,7-8,19-21H,5-6H2. The van der Waals surface area contributed by atoms with Gasteiger partial charge in [-0.1, -0.05) is 22.0 Å². The Hall–Kier alpha value is -2.24. The monoisotopic (exact) mass is 408 g/mol. The van der Waals surface area contributed by atoms with E-state index in [2.05, 4.69) is 26.7 Å². The minimum Gasteiger partial charge on any atom is -0.507 e. The predicted molar refractivity (Wildman–Crippen MR) is 91.2 cm³/mol. The highest BCUT2D eigenvalue weighted by Gasteiger charge is 2.45. The summed E-state index contributed by atoms with van der Waals surface area (Å²) in [6.07, 6.45) is 1.40. The zero-order valence-electron chi connectivity index (χ0n) is 12.3. The molecule has 2 aromatic carbocycles. The normalized spacial score (nSPS) is 15.5. The number of benzene rings is 2. The van der Waals surface area contributed by atoms with Gasteiger partial charge in [-0.15, -0.1) is 0 Å². The Balaban J connectivity index is 2.00. The summed E-state index contributed by atoms with van der Waals surface area (Å²) >= 11 is 3.16. The maximum atomic E-state index is 12.5. The van der Waals surface area contributed by atoms with Crippen molar-refractivity contribution in [2.24, 2.45) is 0 Å². The first-order valence-corrected chi connectivity index (χ1v) is 9.31. The fourth-order valence-electron chi connectivity index (χ4n) is 2.41. The molecule has 0 saturated heterocycles. The van der Waals surface area contributed by atoms with Crippen molar-refractivity contribution < 1.29 is 18.6 Å². The number of rotatable bonds is 4. The van der Waals surface area contributed by atoms with Crippen LogP contribution in [0.25, 0.3) is 0 Å². The van der Waals surface area contributed by atoms with Crippen LogP contribution in [-0.2, 0) is 15.4 Å². The highest BCUT2D eigenvalue weighted by Crippen LogP contribution is 2.49. The van der Waals surface area contributed by atoms with Gasteiger partial charge in [-0.3, -0.25) is 4.72 Å². The minimum absolute atomic E-state index is 0.0339. The van der Waals surface area contributed by atoms with Crippen molar-refractivity contribution in [3.63, 3.8) is 0 Å². The molecule has 0 radical (unpaired) electrons. The van der Waals surface area contributed by atoms with Crippen molar-refractivity contribution in [2.75, 3.05) is 4.72 Å². The van der Waals surface area contributed by atoms with Gasteiger partial charge in [0.05, 0.1) is 17.2 Å². The number of hydrogen-bond acceptors (Lipinski definition) is 5. The van der Waals surface area contributed by atoms with Crippen LogP contribution in [-0.4, -0.2) is 18.6 Å². The van der Waals surface area contributed by atoms with Gasteiger partial charge in [0, 0.05) is 4.47 Å². The Labute approximate surface area is 147 Å². The second-order valence-electron chi connectivity index (χ2n) is 5.64. The van der Waals surface area contributed by atoms with Gasteiger partial charge in [0.15, 0.2) is 0 Å². The van der Waals surface area contributed by atoms with Crippen LogP contribution >= 0.6 is 15.9 Å². The number of phenols is 2. The van der Waals surface area contributed by atoms with Gasteiger partial charge in [-0.05, 0) is 48.7 Å². The lowest BCUT2D eigenvalue weighted by Gasteiger charge is -2.14. The van der Waals surface area contributed by atoms with Crippen LogP contribution < -0.4 is 4.72 Å². The average molecular weight is 409 g/mol. The molecule has 3 N–H and O–H groups in total. The summed E-state index contributed by atoms with van der Waals surface area (Å²) in [6, 6.07) is 10.7. The van der Waals surface area contributed by atoms with Gasteiger partial charge in [0.1, 0.15) is 16.4 Å². The Bertz CT molecular complexity index is 963. The van der Waals surface area contributed by atoms with Crippen LogP contribution in [0.4, 0.5) is 5.69 Å². The van der Waals surface area contributed by atoms with Gasteiger partial charge in [0.2, 0.25) is 0 Å². The molecule has 0 bridgehead atoms. The molecule has 3 rings (SSSR count). The fourth-order valence-corrected chi connectivity index (χ4v) is 4.11. The van der Waals surface area contributed by atoms with Gasteiger partial charge in [0.25, 0.3) is 10.0 Å². The van der Waals surface area contributed by atoms with E-state index >= 15 is 0 Å². The van der Waals surface area contributed by atoms with E-state index in [-0.39, 0.29) is 16.3 Å². The highest BCUT2D eigenvalue weighted by atomic mass is 79.9. The zero-order valence-corrected chi connectivity index (χ0v) is 14.7. The van der Waals surface area contributed by atoms with Crippen molar-refractivity contribution in [3.05, 3.63) is 46.4 Å². The number of nitriles is 1. The third kappa shape index (κ3) is 2.92. The molecule has 6 nitrogen and oxygen atoms in total. The summed E-state index contributed by atoms with van der Waals surface area (Å²) in [4.78, 5) is -0.317. The average Bonchev–Trinajstić information content (AvgIpc) is 3.33. The molecular weight excluding hydrogens is 396 g/mol. The minimum atomic E-state index is -4.11. The van der Waals surface area contributed by atoms with E-state index in [1.54, 1.807) is 6.07 Å². The third-order valence-corrected chi connectivity index (χ3v) is 5.86. The lowest BCUT2D eigenvalue weighted by atomic mass is 9.97. The van der Waals surface area contributed by atoms with Crippen molar-refractivity contribution in [1.29, 1.82) is 5.26 Å². The molecule has 0 atom stereocenters. The molecular formula is C16H13BrN2O4S. The van der Waals surface area contributed by atoms with Crippen LogP contribution in [0.2, 0.25) is 0 Å². The maximum Gasteiger partial charge on any atom is 0.265 e. The van der Waals surface area contributed by atoms with Gasteiger partial charge < -0.3 is 10.2 Å². The number of nitrogens with one attached hydrogen (secondary N) is 1. The van der Waals surface area contributed by atoms with E-state index in [1.165, 1.54) is 30.3 Å². The van der Waals surface area contributed by atoms with Crippen molar-refractivity contribution >= 4 is 31.6 Å². The van der Waals surface area contributed by atoms with E-state index in [1.807, 2.05) is 0 Å². The number of anilines is 1. The number of nitrogens with zero attached hydrogens (tertiary/aromatic N) is 1. The first-order valence-electron chi connectivity index (χ1n) is 7.03. The van der Waals surface area contributed by atoms with Crippen LogP contribution in [0, 0.1) is 11.3 Å². The molecule has 0 unspecified atom stereocenters. The molecule has 2 aromatic rings. The number of halogens is 1. The summed E-state index contributed by atoms with van der Waals surface area (Å²) < 4.78 is 27.8. The third-order valence-electron chi connectivity index (χ3n) is 3.97. The molecule has 1 aliphatic rings. The van der Waals surface area contributed by atoms with Crippen LogP contribution in [0.15, 0.2) is 45.8 Å². The molecule has 0 heterocycles. The van der Waals surface area contributed by atoms with Gasteiger partial charge >= 0.3 is 0 Å². The van der Waals surface area contributed by atoms with Crippen LogP contribution in [0.3, 0.4) is 0 Å². The second kappa shape index (κ2) is 5.69. The highest BCUT2D eigenvalue weighted by molar-refractivity contribution is 9.10. The summed E-state index contributed by atoms with van der Waals surface area (Å²) in [6.45, 7) is 0. The quantitative estimate of drug-likeness (QED) is 0.672. The first-order chi connectivity index (χ1) is 11.3. The summed E-state index contributed by atoms with van der Waals surface area (Å²) in [5, 5.41) is 29.0. The summed E-state index contributed by atoms with van der Waals surface area (Å²) in [5.74, 6) is -0.664. The zero-order chi connectivity index (χ0) is 17.5. The van der Waals surface area contributed by atoms with Crippen molar-refractivity contribution in [2.45, 2.75) is 23.2 Å². The van der Waals surface area contributed by atoms with E-state index in [0.717, 1.165) is 0 Å². The van der Waals surface area contributed by atoms with E-state index in [0.29, 0.717) is 22.9 Å². The fraction of sp³-hybridized carbons (Fsp3) is 0.188. The second-order valence-corrected chi connectivity index (χ2v) is 8.21. The van der Waals surface area contributed by atoms with Crippen LogP contribution in [0.5, 0.6) is 11.5 Å². The lowest BCUT2D eigenvalue weighted by molar-refractivity contribution is 0.458. The number of hydrogen-bond donors (Lipinski definition) is 3. The van der Waals surface area contributed by atoms with Crippen molar-refractivity contribution in [1.82, 2.24) is 0 Å². The Morgan fingerprint density at radius 2 is 1.79 bits per heavy atom. The van der Waals surface area contributed by atoms with Gasteiger partial charge in [-0.25, -0.2) is 8.42 Å². The molecule has 1 fully saturated rings. The Morgan fingerprint density at radius 3 is 2.42 bits per heavy atom. The predicted octanol–water partition coefficient (Wildman–Crippen LogP) is 3.22. The topological polar surface area (TPSA) is 110 Å². The lowest BCUT2D eigenvalue weighted by Crippen LogP contribution is -2.14. The summed E-state index contributed by atoms with van der Waals surface area (Å²) in [7, 11) is -4.11. The van der Waals surface area contributed by atoms with Crippen LogP contribution in [0.1, 0.15) is 18.4 Å². The van der Waals surface area contributed by atoms with E-state index in [9.17, 15) is 23.9 Å². The Kier molecular flexibility index (Phi) is 3.94. The number of sulfonamides is 1. The van der Waals surface area contributed by atoms with E-state index < -0.39 is 21.2 Å². The van der Waals surface area contributed by atoms with Gasteiger partial charge in [-0.2, -0.15) is 5.26 Å². The number of phenolic OH excluding ortho intramolecular Hbond substituents is 2.